The van der Waals surface area contributed by atoms with Gasteiger partial charge in [-0.3, -0.25) is 4.68 Å². The van der Waals surface area contributed by atoms with E-state index in [1.54, 1.807) is 24.1 Å². The fourth-order valence-electron chi connectivity index (χ4n) is 1.51. The normalized spacial score (nSPS) is 11.7. The minimum absolute atomic E-state index is 0.154. The number of aromatic nitrogens is 4. The maximum absolute atomic E-state index is 11.2. The zero-order chi connectivity index (χ0) is 14.2. The highest BCUT2D eigenvalue weighted by Gasteiger charge is 2.29. The average Bonchev–Trinajstić information content (AvgIpc) is 2.85. The molecule has 0 aliphatic carbocycles. The number of hydrogen-bond donors (Lipinski definition) is 0. The lowest BCUT2D eigenvalue weighted by atomic mass is 10.4. The molecule has 0 saturated carbocycles. The first-order valence-corrected chi connectivity index (χ1v) is 7.22. The van der Waals surface area contributed by atoms with Gasteiger partial charge in [0.25, 0.3) is 9.05 Å². The Bertz CT molecular complexity index is 734. The third kappa shape index (κ3) is 2.90. The Balaban J connectivity index is 2.41. The van der Waals surface area contributed by atoms with Gasteiger partial charge in [-0.2, -0.15) is 9.78 Å². The summed E-state index contributed by atoms with van der Waals surface area (Å²) in [5, 5.41) is 18.2. The lowest BCUT2D eigenvalue weighted by Crippen LogP contribution is -2.00. The first kappa shape index (κ1) is 13.5. The van der Waals surface area contributed by atoms with Gasteiger partial charge in [0.15, 0.2) is 0 Å². The molecule has 0 amide bonds. The first-order valence-electron chi connectivity index (χ1n) is 4.91. The molecule has 0 unspecified atom stereocenters. The summed E-state index contributed by atoms with van der Waals surface area (Å²) in [6.45, 7) is 0.154. The maximum Gasteiger partial charge on any atom is 0.410 e. The van der Waals surface area contributed by atoms with Crippen LogP contribution in [0.4, 0.5) is 5.82 Å². The lowest BCUT2D eigenvalue weighted by Gasteiger charge is -1.91. The molecular weight excluding hydrogens is 298 g/mol. The second-order valence-corrected chi connectivity index (χ2v) is 6.27. The zero-order valence-electron chi connectivity index (χ0n) is 9.59. The van der Waals surface area contributed by atoms with Crippen LogP contribution in [0.3, 0.4) is 0 Å². The second kappa shape index (κ2) is 4.63. The highest BCUT2D eigenvalue weighted by atomic mass is 35.7. The summed E-state index contributed by atoms with van der Waals surface area (Å²) in [6, 6.07) is 0. The molecule has 0 fully saturated rings. The van der Waals surface area contributed by atoms with E-state index < -0.39 is 24.7 Å². The summed E-state index contributed by atoms with van der Waals surface area (Å²) in [5.74, 6) is -0.793. The number of hydrogen-bond acceptors (Lipinski definition) is 6. The largest absolute Gasteiger partial charge is 0.410 e. The molecule has 11 heteroatoms. The van der Waals surface area contributed by atoms with Gasteiger partial charge in [-0.05, 0) is 4.92 Å². The van der Waals surface area contributed by atoms with Crippen molar-refractivity contribution in [3.63, 3.8) is 0 Å². The SMILES string of the molecule is Cn1cc(Cn2cc(S(=O)(=O)Cl)c([N+](=O)[O-])n2)cn1. The second-order valence-electron chi connectivity index (χ2n) is 3.73. The van der Waals surface area contributed by atoms with Crippen LogP contribution in [0.5, 0.6) is 0 Å². The van der Waals surface area contributed by atoms with Crippen molar-refractivity contribution < 1.29 is 13.3 Å². The highest BCUT2D eigenvalue weighted by Crippen LogP contribution is 2.25. The molecule has 9 nitrogen and oxygen atoms in total. The minimum atomic E-state index is -4.22. The average molecular weight is 306 g/mol. The van der Waals surface area contributed by atoms with Crippen LogP contribution in [0, 0.1) is 10.1 Å². The topological polar surface area (TPSA) is 113 Å². The van der Waals surface area contributed by atoms with E-state index in [1.165, 1.54) is 0 Å². The summed E-state index contributed by atoms with van der Waals surface area (Å²) in [6.07, 6.45) is 4.25. The Morgan fingerprint density at radius 3 is 2.58 bits per heavy atom. The van der Waals surface area contributed by atoms with Crippen LogP contribution in [-0.4, -0.2) is 32.9 Å². The van der Waals surface area contributed by atoms with E-state index in [9.17, 15) is 18.5 Å². The van der Waals surface area contributed by atoms with Gasteiger partial charge in [0.1, 0.15) is 0 Å². The summed E-state index contributed by atoms with van der Waals surface area (Å²) < 4.78 is 25.1. The van der Waals surface area contributed by atoms with Gasteiger partial charge in [0.2, 0.25) is 4.90 Å². The zero-order valence-corrected chi connectivity index (χ0v) is 11.2. The Morgan fingerprint density at radius 2 is 2.16 bits per heavy atom. The fourth-order valence-corrected chi connectivity index (χ4v) is 2.42. The molecule has 2 aromatic heterocycles. The van der Waals surface area contributed by atoms with Gasteiger partial charge in [-0.25, -0.2) is 8.42 Å². The molecule has 0 atom stereocenters. The predicted octanol–water partition coefficient (Wildman–Crippen LogP) is 0.501. The van der Waals surface area contributed by atoms with Crippen molar-refractivity contribution in [1.82, 2.24) is 19.6 Å². The van der Waals surface area contributed by atoms with E-state index in [2.05, 4.69) is 10.2 Å². The van der Waals surface area contributed by atoms with E-state index in [-0.39, 0.29) is 6.54 Å². The Morgan fingerprint density at radius 1 is 1.47 bits per heavy atom. The Kier molecular flexibility index (Phi) is 3.28. The van der Waals surface area contributed by atoms with Crippen LogP contribution in [-0.2, 0) is 22.6 Å². The van der Waals surface area contributed by atoms with E-state index in [0.29, 0.717) is 0 Å². The van der Waals surface area contributed by atoms with Crippen molar-refractivity contribution in [3.05, 3.63) is 34.3 Å². The van der Waals surface area contributed by atoms with Crippen LogP contribution < -0.4 is 0 Å². The fraction of sp³-hybridized carbons (Fsp3) is 0.250. The molecule has 0 aliphatic heterocycles. The van der Waals surface area contributed by atoms with Crippen LogP contribution >= 0.6 is 10.7 Å². The van der Waals surface area contributed by atoms with Gasteiger partial charge in [0.05, 0.1) is 24.0 Å². The smallest absolute Gasteiger partial charge is 0.358 e. The Hall–Kier alpha value is -1.94. The molecule has 0 radical (unpaired) electrons. The predicted molar refractivity (Wildman–Crippen MR) is 64.2 cm³/mol. The quantitative estimate of drug-likeness (QED) is 0.462. The van der Waals surface area contributed by atoms with E-state index in [1.807, 2.05) is 0 Å². The van der Waals surface area contributed by atoms with E-state index in [4.69, 9.17) is 10.7 Å². The molecule has 0 bridgehead atoms. The van der Waals surface area contributed by atoms with Crippen LogP contribution in [0.15, 0.2) is 23.5 Å². The van der Waals surface area contributed by atoms with Crippen LogP contribution in [0.25, 0.3) is 0 Å². The van der Waals surface area contributed by atoms with Gasteiger partial charge in [0, 0.05) is 29.5 Å². The molecule has 0 aromatic carbocycles. The molecule has 0 N–H and O–H groups in total. The summed E-state index contributed by atoms with van der Waals surface area (Å²) >= 11 is 0. The number of aryl methyl sites for hydroxylation is 1. The van der Waals surface area contributed by atoms with Crippen LogP contribution in [0.1, 0.15) is 5.56 Å². The van der Waals surface area contributed by atoms with Gasteiger partial charge in [-0.15, -0.1) is 0 Å². The van der Waals surface area contributed by atoms with Crippen molar-refractivity contribution in [2.45, 2.75) is 11.4 Å². The molecule has 2 aromatic rings. The number of nitro groups is 1. The molecule has 0 aliphatic rings. The number of rotatable bonds is 4. The Labute approximate surface area is 112 Å². The third-order valence-electron chi connectivity index (χ3n) is 2.25. The van der Waals surface area contributed by atoms with Crippen molar-refractivity contribution in [2.24, 2.45) is 7.05 Å². The van der Waals surface area contributed by atoms with E-state index >= 15 is 0 Å². The van der Waals surface area contributed by atoms with Crippen molar-refractivity contribution in [3.8, 4) is 0 Å². The highest BCUT2D eigenvalue weighted by molar-refractivity contribution is 8.13. The molecule has 102 valence electrons. The number of nitrogens with zero attached hydrogens (tertiary/aromatic N) is 5. The van der Waals surface area contributed by atoms with Crippen molar-refractivity contribution in [1.29, 1.82) is 0 Å². The summed E-state index contributed by atoms with van der Waals surface area (Å²) in [7, 11) is 2.62. The van der Waals surface area contributed by atoms with Crippen molar-refractivity contribution >= 4 is 25.6 Å². The lowest BCUT2D eigenvalue weighted by molar-refractivity contribution is -0.392. The van der Waals surface area contributed by atoms with Gasteiger partial charge >= 0.3 is 5.82 Å². The molecular formula is C8H8ClN5O4S. The molecule has 0 spiro atoms. The molecule has 19 heavy (non-hydrogen) atoms. The van der Waals surface area contributed by atoms with E-state index in [0.717, 1.165) is 16.4 Å². The van der Waals surface area contributed by atoms with Crippen LogP contribution in [0.2, 0.25) is 0 Å². The minimum Gasteiger partial charge on any atom is -0.358 e. The molecule has 2 heterocycles. The molecule has 2 rings (SSSR count). The molecule has 0 saturated heterocycles. The summed E-state index contributed by atoms with van der Waals surface area (Å²) in [4.78, 5) is 9.21. The summed E-state index contributed by atoms with van der Waals surface area (Å²) in [5.41, 5.74) is 0.721. The third-order valence-corrected chi connectivity index (χ3v) is 3.56. The first-order chi connectivity index (χ1) is 8.77. The van der Waals surface area contributed by atoms with Gasteiger partial charge < -0.3 is 10.1 Å². The van der Waals surface area contributed by atoms with Gasteiger partial charge in [-0.1, -0.05) is 0 Å². The monoisotopic (exact) mass is 305 g/mol. The standard InChI is InChI=1S/C8H8ClN5O4S/c1-12-3-6(2-10-12)4-13-5-7(19(9,17)18)8(11-13)14(15)16/h2-3,5H,4H2,1H3. The number of halogens is 1. The maximum atomic E-state index is 11.2. The van der Waals surface area contributed by atoms with Crippen molar-refractivity contribution in [2.75, 3.05) is 0 Å².